The van der Waals surface area contributed by atoms with Gasteiger partial charge in [-0.2, -0.15) is 18.2 Å². The maximum atomic E-state index is 12.7. The number of halogens is 3. The Morgan fingerprint density at radius 2 is 2.17 bits per heavy atom. The molecule has 0 N–H and O–H groups in total. The maximum absolute atomic E-state index is 12.7. The topological polar surface area (TPSA) is 42.2 Å². The van der Waals surface area contributed by atoms with E-state index in [0.717, 1.165) is 0 Å². The van der Waals surface area contributed by atoms with Crippen molar-refractivity contribution in [3.63, 3.8) is 0 Å². The van der Waals surface area contributed by atoms with Crippen LogP contribution in [0.1, 0.15) is 37.5 Å². The Labute approximate surface area is 103 Å². The Kier molecular flexibility index (Phi) is 3.61. The van der Waals surface area contributed by atoms with Gasteiger partial charge < -0.3 is 4.52 Å². The minimum absolute atomic E-state index is 0.00605. The van der Waals surface area contributed by atoms with Crippen molar-refractivity contribution >= 4 is 0 Å². The Balaban J connectivity index is 2.05. The minimum Gasteiger partial charge on any atom is -0.338 e. The van der Waals surface area contributed by atoms with Gasteiger partial charge in [-0.3, -0.25) is 4.90 Å². The van der Waals surface area contributed by atoms with Gasteiger partial charge in [-0.1, -0.05) is 5.16 Å². The first-order valence-corrected chi connectivity index (χ1v) is 5.99. The predicted octanol–water partition coefficient (Wildman–Crippen LogP) is 2.71. The second kappa shape index (κ2) is 4.87. The number of piperidine rings is 1. The third-order valence-corrected chi connectivity index (χ3v) is 3.36. The lowest BCUT2D eigenvalue weighted by Gasteiger charge is -2.36. The highest BCUT2D eigenvalue weighted by Gasteiger charge is 2.43. The van der Waals surface area contributed by atoms with E-state index >= 15 is 0 Å². The molecule has 2 heterocycles. The molecule has 102 valence electrons. The molecule has 1 aromatic rings. The number of likely N-dealkylation sites (tertiary alicyclic amines) is 1. The van der Waals surface area contributed by atoms with Crippen LogP contribution in [-0.2, 0) is 0 Å². The molecule has 0 bridgehead atoms. The normalized spacial score (nSPS) is 24.2. The maximum Gasteiger partial charge on any atom is 0.393 e. The molecule has 0 radical (unpaired) electrons. The summed E-state index contributed by atoms with van der Waals surface area (Å²) in [6, 6.07) is -0.267. The van der Waals surface area contributed by atoms with Crippen LogP contribution in [-0.4, -0.2) is 34.3 Å². The van der Waals surface area contributed by atoms with Crippen molar-refractivity contribution in [3.05, 3.63) is 11.7 Å². The molecule has 0 amide bonds. The van der Waals surface area contributed by atoms with Crippen LogP contribution >= 0.6 is 0 Å². The summed E-state index contributed by atoms with van der Waals surface area (Å²) in [5.41, 5.74) is 0. The van der Waals surface area contributed by atoms with E-state index in [1.165, 1.54) is 0 Å². The molecule has 2 rings (SSSR count). The van der Waals surface area contributed by atoms with Gasteiger partial charge in [-0.15, -0.1) is 0 Å². The molecule has 0 aliphatic carbocycles. The molecule has 1 saturated heterocycles. The van der Waals surface area contributed by atoms with Gasteiger partial charge in [-0.25, -0.2) is 0 Å². The van der Waals surface area contributed by atoms with E-state index in [2.05, 4.69) is 10.1 Å². The Hall–Kier alpha value is -1.11. The quantitative estimate of drug-likeness (QED) is 0.822. The van der Waals surface area contributed by atoms with Crippen LogP contribution in [0, 0.1) is 12.8 Å². The lowest BCUT2D eigenvalue weighted by molar-refractivity contribution is -0.188. The lowest BCUT2D eigenvalue weighted by Crippen LogP contribution is -2.42. The summed E-state index contributed by atoms with van der Waals surface area (Å²) < 4.78 is 43.1. The number of alkyl halides is 3. The average Bonchev–Trinajstić information content (AvgIpc) is 2.74. The largest absolute Gasteiger partial charge is 0.393 e. The fraction of sp³-hybridized carbons (Fsp3) is 0.818. The summed E-state index contributed by atoms with van der Waals surface area (Å²) in [6.45, 7) is 4.13. The van der Waals surface area contributed by atoms with E-state index in [-0.39, 0.29) is 19.0 Å². The van der Waals surface area contributed by atoms with Crippen LogP contribution in [0.4, 0.5) is 13.2 Å². The highest BCUT2D eigenvalue weighted by Crippen LogP contribution is 2.35. The van der Waals surface area contributed by atoms with Gasteiger partial charge >= 0.3 is 6.18 Å². The molecule has 0 spiro atoms. The number of aromatic nitrogens is 2. The average molecular weight is 263 g/mol. The van der Waals surface area contributed by atoms with Gasteiger partial charge in [0.15, 0.2) is 5.82 Å². The van der Waals surface area contributed by atoms with Crippen molar-refractivity contribution in [2.45, 2.75) is 38.9 Å². The summed E-state index contributed by atoms with van der Waals surface area (Å²) in [4.78, 5) is 5.83. The van der Waals surface area contributed by atoms with Crippen molar-refractivity contribution in [2.24, 2.45) is 5.92 Å². The van der Waals surface area contributed by atoms with Crippen LogP contribution in [0.25, 0.3) is 0 Å². The smallest absolute Gasteiger partial charge is 0.338 e. The first-order chi connectivity index (χ1) is 8.38. The van der Waals surface area contributed by atoms with Gasteiger partial charge in [0.1, 0.15) is 0 Å². The number of hydrogen-bond donors (Lipinski definition) is 0. The molecule has 18 heavy (non-hydrogen) atoms. The molecular weight excluding hydrogens is 247 g/mol. The Bertz CT molecular complexity index is 404. The van der Waals surface area contributed by atoms with Gasteiger partial charge in [-0.05, 0) is 33.2 Å². The van der Waals surface area contributed by atoms with Crippen molar-refractivity contribution in [2.75, 3.05) is 13.1 Å². The van der Waals surface area contributed by atoms with Crippen LogP contribution in [0.15, 0.2) is 4.52 Å². The van der Waals surface area contributed by atoms with Crippen LogP contribution in [0.5, 0.6) is 0 Å². The molecule has 7 heteroatoms. The molecule has 1 aromatic heterocycles. The summed E-state index contributed by atoms with van der Waals surface area (Å²) in [5.74, 6) is -0.366. The Morgan fingerprint density at radius 3 is 2.72 bits per heavy atom. The summed E-state index contributed by atoms with van der Waals surface area (Å²) >= 11 is 0. The second-order valence-electron chi connectivity index (χ2n) is 4.73. The highest BCUT2D eigenvalue weighted by molar-refractivity contribution is 4.92. The van der Waals surface area contributed by atoms with Gasteiger partial charge in [0.05, 0.1) is 12.0 Å². The second-order valence-corrected chi connectivity index (χ2v) is 4.73. The van der Waals surface area contributed by atoms with Crippen LogP contribution in [0.2, 0.25) is 0 Å². The monoisotopic (exact) mass is 263 g/mol. The van der Waals surface area contributed by atoms with Crippen molar-refractivity contribution in [1.29, 1.82) is 0 Å². The molecular formula is C11H16F3N3O. The van der Waals surface area contributed by atoms with E-state index in [1.54, 1.807) is 18.7 Å². The summed E-state index contributed by atoms with van der Waals surface area (Å²) in [7, 11) is 0. The standard InChI is InChI=1S/C11H16F3N3O/c1-7(10-15-8(2)16-18-10)17-5-3-4-9(6-17)11(12,13)14/h7,9H,3-6H2,1-2H3/t7-,9+/m1/s1. The predicted molar refractivity (Wildman–Crippen MR) is 57.8 cm³/mol. The molecule has 0 unspecified atom stereocenters. The highest BCUT2D eigenvalue weighted by atomic mass is 19.4. The van der Waals surface area contributed by atoms with E-state index < -0.39 is 12.1 Å². The third-order valence-electron chi connectivity index (χ3n) is 3.36. The zero-order valence-corrected chi connectivity index (χ0v) is 10.4. The van der Waals surface area contributed by atoms with Crippen LogP contribution in [0.3, 0.4) is 0 Å². The van der Waals surface area contributed by atoms with E-state index in [0.29, 0.717) is 24.7 Å². The third kappa shape index (κ3) is 2.82. The van der Waals surface area contributed by atoms with E-state index in [4.69, 9.17) is 4.52 Å². The van der Waals surface area contributed by atoms with E-state index in [9.17, 15) is 13.2 Å². The minimum atomic E-state index is -4.12. The van der Waals surface area contributed by atoms with Crippen LogP contribution < -0.4 is 0 Å². The van der Waals surface area contributed by atoms with E-state index in [1.807, 2.05) is 0 Å². The number of nitrogens with zero attached hydrogens (tertiary/aromatic N) is 3. The first kappa shape index (κ1) is 13.3. The molecule has 2 atom stereocenters. The lowest BCUT2D eigenvalue weighted by atomic mass is 9.96. The zero-order chi connectivity index (χ0) is 13.3. The molecule has 1 aliphatic rings. The molecule has 0 aromatic carbocycles. The number of hydrogen-bond acceptors (Lipinski definition) is 4. The fourth-order valence-electron chi connectivity index (χ4n) is 2.26. The van der Waals surface area contributed by atoms with Crippen molar-refractivity contribution in [3.8, 4) is 0 Å². The molecule has 1 fully saturated rings. The van der Waals surface area contributed by atoms with Gasteiger partial charge in [0, 0.05) is 6.54 Å². The molecule has 4 nitrogen and oxygen atoms in total. The molecule has 1 aliphatic heterocycles. The number of aryl methyl sites for hydroxylation is 1. The zero-order valence-electron chi connectivity index (χ0n) is 10.4. The first-order valence-electron chi connectivity index (χ1n) is 5.99. The SMILES string of the molecule is Cc1noc([C@@H](C)N2CCC[C@H](C(F)(F)F)C2)n1. The molecule has 0 saturated carbocycles. The van der Waals surface area contributed by atoms with Gasteiger partial charge in [0.25, 0.3) is 0 Å². The van der Waals surface area contributed by atoms with Crippen molar-refractivity contribution in [1.82, 2.24) is 15.0 Å². The Morgan fingerprint density at radius 1 is 1.44 bits per heavy atom. The number of rotatable bonds is 2. The van der Waals surface area contributed by atoms with Gasteiger partial charge in [0.2, 0.25) is 5.89 Å². The summed E-state index contributed by atoms with van der Waals surface area (Å²) in [5, 5.41) is 3.67. The fourth-order valence-corrected chi connectivity index (χ4v) is 2.26. The van der Waals surface area contributed by atoms with Crippen molar-refractivity contribution < 1.29 is 17.7 Å². The summed E-state index contributed by atoms with van der Waals surface area (Å²) in [6.07, 6.45) is -3.37.